The van der Waals surface area contributed by atoms with Gasteiger partial charge in [-0.25, -0.2) is 0 Å². The summed E-state index contributed by atoms with van der Waals surface area (Å²) >= 11 is 0. The zero-order valence-corrected chi connectivity index (χ0v) is 3.76. The SMILES string of the molecule is [CH2]Oc1ccco1. The van der Waals surface area contributed by atoms with Crippen LogP contribution in [0.5, 0.6) is 5.95 Å². The molecule has 1 rings (SSSR count). The summed E-state index contributed by atoms with van der Waals surface area (Å²) in [6, 6.07) is 3.42. The van der Waals surface area contributed by atoms with Crippen molar-refractivity contribution >= 4 is 0 Å². The first-order valence-corrected chi connectivity index (χ1v) is 1.89. The molecule has 0 aromatic carbocycles. The van der Waals surface area contributed by atoms with Crippen molar-refractivity contribution in [2.24, 2.45) is 0 Å². The maximum Gasteiger partial charge on any atom is 0.284 e. The lowest BCUT2D eigenvalue weighted by molar-refractivity contribution is 0.340. The van der Waals surface area contributed by atoms with Crippen LogP contribution in [0, 0.1) is 7.11 Å². The van der Waals surface area contributed by atoms with Gasteiger partial charge in [0.1, 0.15) is 7.11 Å². The second-order valence-corrected chi connectivity index (χ2v) is 1.08. The van der Waals surface area contributed by atoms with Gasteiger partial charge in [-0.3, -0.25) is 0 Å². The van der Waals surface area contributed by atoms with Gasteiger partial charge in [0.25, 0.3) is 5.95 Å². The van der Waals surface area contributed by atoms with Crippen LogP contribution >= 0.6 is 0 Å². The van der Waals surface area contributed by atoms with Gasteiger partial charge < -0.3 is 9.15 Å². The van der Waals surface area contributed by atoms with Crippen LogP contribution in [-0.4, -0.2) is 0 Å². The van der Waals surface area contributed by atoms with Crippen LogP contribution in [0.2, 0.25) is 0 Å². The third-order valence-corrected chi connectivity index (χ3v) is 0.637. The van der Waals surface area contributed by atoms with Crippen molar-refractivity contribution in [3.63, 3.8) is 0 Å². The van der Waals surface area contributed by atoms with E-state index < -0.39 is 0 Å². The molecule has 0 unspecified atom stereocenters. The Morgan fingerprint density at radius 1 is 1.71 bits per heavy atom. The lowest BCUT2D eigenvalue weighted by atomic mass is 10.7. The Morgan fingerprint density at radius 3 is 2.86 bits per heavy atom. The molecule has 0 fully saturated rings. The Morgan fingerprint density at radius 2 is 2.57 bits per heavy atom. The van der Waals surface area contributed by atoms with Crippen LogP contribution in [0.3, 0.4) is 0 Å². The Bertz CT molecular complexity index is 121. The average Bonchev–Trinajstić information content (AvgIpc) is 2.14. The predicted molar refractivity (Wildman–Crippen MR) is 24.7 cm³/mol. The molecule has 1 aromatic rings. The molecule has 2 heteroatoms. The average molecular weight is 97.1 g/mol. The highest BCUT2D eigenvalue weighted by Gasteiger charge is 1.85. The quantitative estimate of drug-likeness (QED) is 0.529. The van der Waals surface area contributed by atoms with Crippen LogP contribution in [0.15, 0.2) is 22.8 Å². The molecule has 1 radical (unpaired) electrons. The molecule has 37 valence electrons. The molecule has 0 saturated heterocycles. The van der Waals surface area contributed by atoms with Crippen LogP contribution in [0.25, 0.3) is 0 Å². The molecule has 2 nitrogen and oxygen atoms in total. The minimum Gasteiger partial charge on any atom is -0.462 e. The highest BCUT2D eigenvalue weighted by Crippen LogP contribution is 2.07. The third kappa shape index (κ3) is 0.738. The lowest BCUT2D eigenvalue weighted by Crippen LogP contribution is -1.69. The van der Waals surface area contributed by atoms with E-state index in [-0.39, 0.29) is 0 Å². The molecule has 1 heterocycles. The van der Waals surface area contributed by atoms with Crippen molar-refractivity contribution in [2.75, 3.05) is 0 Å². The number of rotatable bonds is 1. The van der Waals surface area contributed by atoms with Crippen molar-refractivity contribution < 1.29 is 9.15 Å². The smallest absolute Gasteiger partial charge is 0.284 e. The first-order valence-electron chi connectivity index (χ1n) is 1.89. The van der Waals surface area contributed by atoms with Crippen LogP contribution in [0.4, 0.5) is 0 Å². The van der Waals surface area contributed by atoms with E-state index in [1.807, 2.05) is 0 Å². The summed E-state index contributed by atoms with van der Waals surface area (Å²) < 4.78 is 9.14. The largest absolute Gasteiger partial charge is 0.462 e. The van der Waals surface area contributed by atoms with Gasteiger partial charge in [0, 0.05) is 6.07 Å². The molecule has 0 aliphatic heterocycles. The molecule has 0 saturated carbocycles. The van der Waals surface area contributed by atoms with Crippen molar-refractivity contribution in [2.45, 2.75) is 0 Å². The van der Waals surface area contributed by atoms with E-state index in [9.17, 15) is 0 Å². The number of ether oxygens (including phenoxy) is 1. The molecule has 0 spiro atoms. The Hall–Kier alpha value is -0.920. The summed E-state index contributed by atoms with van der Waals surface area (Å²) in [4.78, 5) is 0. The van der Waals surface area contributed by atoms with Crippen molar-refractivity contribution in [1.29, 1.82) is 0 Å². The summed E-state index contributed by atoms with van der Waals surface area (Å²) in [5.41, 5.74) is 0. The van der Waals surface area contributed by atoms with E-state index in [1.54, 1.807) is 12.1 Å². The normalized spacial score (nSPS) is 8.71. The van der Waals surface area contributed by atoms with Gasteiger partial charge in [-0.05, 0) is 6.07 Å². The van der Waals surface area contributed by atoms with E-state index in [1.165, 1.54) is 6.26 Å². The van der Waals surface area contributed by atoms with Gasteiger partial charge in [-0.1, -0.05) is 0 Å². The maximum absolute atomic E-state index is 4.70. The molecule has 0 atom stereocenters. The Labute approximate surface area is 41.7 Å². The van der Waals surface area contributed by atoms with E-state index in [0.717, 1.165) is 0 Å². The first-order chi connectivity index (χ1) is 3.43. The minimum atomic E-state index is 0.444. The summed E-state index contributed by atoms with van der Waals surface area (Å²) in [5.74, 6) is 0.444. The summed E-state index contributed by atoms with van der Waals surface area (Å²) in [6.45, 7) is 0. The first kappa shape index (κ1) is 4.24. The Balaban J connectivity index is 2.76. The number of hydrogen-bond donors (Lipinski definition) is 0. The molecule has 0 N–H and O–H groups in total. The summed E-state index contributed by atoms with van der Waals surface area (Å²) in [5, 5.41) is 0. The zero-order valence-electron chi connectivity index (χ0n) is 3.76. The van der Waals surface area contributed by atoms with E-state index in [0.29, 0.717) is 5.95 Å². The molecule has 1 aromatic heterocycles. The second-order valence-electron chi connectivity index (χ2n) is 1.08. The summed E-state index contributed by atoms with van der Waals surface area (Å²) in [7, 11) is 3.13. The Kier molecular flexibility index (Phi) is 1.02. The molecule has 0 amide bonds. The van der Waals surface area contributed by atoms with Gasteiger partial charge in [0.05, 0.1) is 6.26 Å². The fraction of sp³-hybridized carbons (Fsp3) is 0. The topological polar surface area (TPSA) is 22.4 Å². The van der Waals surface area contributed by atoms with E-state index >= 15 is 0 Å². The fourth-order valence-corrected chi connectivity index (χ4v) is 0.346. The minimum absolute atomic E-state index is 0.444. The van der Waals surface area contributed by atoms with Crippen molar-refractivity contribution in [1.82, 2.24) is 0 Å². The molecule has 0 aliphatic carbocycles. The standard InChI is InChI=1S/C5H5O2/c1-6-5-3-2-4-7-5/h2-4H,1H2. The van der Waals surface area contributed by atoms with Crippen molar-refractivity contribution in [3.05, 3.63) is 25.5 Å². The molecule has 0 aliphatic rings. The van der Waals surface area contributed by atoms with Gasteiger partial charge in [0.2, 0.25) is 0 Å². The monoisotopic (exact) mass is 97.0 g/mol. The van der Waals surface area contributed by atoms with E-state index in [4.69, 9.17) is 4.42 Å². The number of furan rings is 1. The molecule has 0 bridgehead atoms. The highest BCUT2D eigenvalue weighted by molar-refractivity contribution is 5.03. The van der Waals surface area contributed by atoms with Gasteiger partial charge in [-0.2, -0.15) is 0 Å². The lowest BCUT2D eigenvalue weighted by Gasteiger charge is -1.85. The van der Waals surface area contributed by atoms with Crippen LogP contribution < -0.4 is 4.74 Å². The molecular weight excluding hydrogens is 92.1 g/mol. The van der Waals surface area contributed by atoms with Crippen LogP contribution in [-0.2, 0) is 0 Å². The number of hydrogen-bond acceptors (Lipinski definition) is 2. The fourth-order valence-electron chi connectivity index (χ4n) is 0.346. The second kappa shape index (κ2) is 1.69. The zero-order chi connectivity index (χ0) is 5.11. The van der Waals surface area contributed by atoms with Crippen LogP contribution in [0.1, 0.15) is 0 Å². The molecular formula is C5H5O2. The van der Waals surface area contributed by atoms with Gasteiger partial charge in [-0.15, -0.1) is 0 Å². The molecule has 7 heavy (non-hydrogen) atoms. The maximum atomic E-state index is 4.70. The predicted octanol–water partition coefficient (Wildman–Crippen LogP) is 1.45. The van der Waals surface area contributed by atoms with Crippen molar-refractivity contribution in [3.8, 4) is 5.95 Å². The summed E-state index contributed by atoms with van der Waals surface area (Å²) in [6.07, 6.45) is 1.53. The third-order valence-electron chi connectivity index (χ3n) is 0.637. The highest BCUT2D eigenvalue weighted by atomic mass is 16.6. The van der Waals surface area contributed by atoms with Gasteiger partial charge >= 0.3 is 0 Å². The van der Waals surface area contributed by atoms with E-state index in [2.05, 4.69) is 11.8 Å². The van der Waals surface area contributed by atoms with Gasteiger partial charge in [0.15, 0.2) is 0 Å².